The molecule has 0 amide bonds. The molecule has 0 saturated carbocycles. The molecule has 0 aliphatic rings. The fourth-order valence-corrected chi connectivity index (χ4v) is 3.37. The Labute approximate surface area is 136 Å². The lowest BCUT2D eigenvalue weighted by molar-refractivity contribution is 0.00819. The molecule has 0 aromatic heterocycles. The number of halogens is 3. The largest absolute Gasteiger partial charge is 0.379 e. The maximum atomic E-state index is 11.7. The Morgan fingerprint density at radius 3 is 1.30 bits per heavy atom. The summed E-state index contributed by atoms with van der Waals surface area (Å²) in [7, 11) is -4.20. The molecule has 0 heterocycles. The third-order valence-corrected chi connectivity index (χ3v) is 4.32. The Morgan fingerprint density at radius 2 is 1.13 bits per heavy atom. The Bertz CT molecular complexity index is 577. The van der Waals surface area contributed by atoms with Crippen molar-refractivity contribution in [3.63, 3.8) is 0 Å². The lowest BCUT2D eigenvalue weighted by Crippen LogP contribution is -2.11. The molecule has 0 aliphatic carbocycles. The van der Waals surface area contributed by atoms with Gasteiger partial charge in [0.05, 0.1) is 0 Å². The molecule has 0 atom stereocenters. The number of hydrogen-bond donors (Lipinski definition) is 1. The van der Waals surface area contributed by atoms with Crippen molar-refractivity contribution in [2.24, 2.45) is 0 Å². The van der Waals surface area contributed by atoms with Crippen molar-refractivity contribution in [3.8, 4) is 0 Å². The maximum absolute atomic E-state index is 11.7. The van der Waals surface area contributed by atoms with Crippen LogP contribution in [0.1, 0.15) is 76.0 Å². The number of hydrogen-bond acceptors (Lipinski definition) is 2. The number of benzene rings is 1. The van der Waals surface area contributed by atoms with Crippen LogP contribution in [0.15, 0.2) is 17.0 Å². The SMILES string of the molecule is CC(C)c1cc(C(C)C)c(S(=O)(=O)O)c(C(C)C)c1.FC(F)F. The summed E-state index contributed by atoms with van der Waals surface area (Å²) in [5.74, 6) is 0.423. The van der Waals surface area contributed by atoms with E-state index in [1.807, 2.05) is 39.8 Å². The standard InChI is InChI=1S/C15H24O3S.CHF3/c1-9(2)12-7-13(10(3)4)15(19(16,17)18)14(8-12)11(5)6;2-1(3)4/h7-11H,1-6H3,(H,16,17,18);1H. The molecule has 0 spiro atoms. The van der Waals surface area contributed by atoms with Crippen LogP contribution in [0.5, 0.6) is 0 Å². The molecule has 23 heavy (non-hydrogen) atoms. The first-order valence-corrected chi connectivity index (χ1v) is 8.80. The molecule has 0 saturated heterocycles. The molecular formula is C16H25F3O3S. The van der Waals surface area contributed by atoms with Crippen molar-refractivity contribution >= 4 is 10.1 Å². The zero-order valence-electron chi connectivity index (χ0n) is 14.3. The smallest absolute Gasteiger partial charge is 0.282 e. The zero-order chi connectivity index (χ0) is 18.5. The first-order valence-electron chi connectivity index (χ1n) is 7.36. The highest BCUT2D eigenvalue weighted by molar-refractivity contribution is 7.86. The second kappa shape index (κ2) is 8.68. The molecule has 0 aliphatic heterocycles. The van der Waals surface area contributed by atoms with Crippen LogP contribution < -0.4 is 0 Å². The fraction of sp³-hybridized carbons (Fsp3) is 0.625. The Morgan fingerprint density at radius 1 is 0.826 bits per heavy atom. The Hall–Kier alpha value is -1.08. The van der Waals surface area contributed by atoms with Crippen LogP contribution in [0.25, 0.3) is 0 Å². The molecule has 0 unspecified atom stereocenters. The fourth-order valence-electron chi connectivity index (χ4n) is 2.19. The average molecular weight is 354 g/mol. The van der Waals surface area contributed by atoms with Gasteiger partial charge >= 0.3 is 6.68 Å². The molecule has 3 nitrogen and oxygen atoms in total. The van der Waals surface area contributed by atoms with Crippen LogP contribution in [0, 0.1) is 0 Å². The van der Waals surface area contributed by atoms with Crippen LogP contribution in [0.4, 0.5) is 13.2 Å². The minimum absolute atomic E-state index is 0.0492. The summed E-state index contributed by atoms with van der Waals surface area (Å²) in [6.45, 7) is 8.26. The molecule has 1 N–H and O–H groups in total. The average Bonchev–Trinajstić information content (AvgIpc) is 2.34. The van der Waals surface area contributed by atoms with Gasteiger partial charge in [0.1, 0.15) is 4.90 Å². The predicted molar refractivity (Wildman–Crippen MR) is 85.6 cm³/mol. The van der Waals surface area contributed by atoms with Gasteiger partial charge in [0.2, 0.25) is 0 Å². The summed E-state index contributed by atoms with van der Waals surface area (Å²) in [5, 5.41) is 0. The minimum atomic E-state index is -4.20. The molecule has 7 heteroatoms. The Balaban J connectivity index is 0.00000108. The van der Waals surface area contributed by atoms with E-state index < -0.39 is 16.8 Å². The number of alkyl halides is 3. The normalized spacial score (nSPS) is 12.1. The summed E-state index contributed by atoms with van der Waals surface area (Å²) in [6.07, 6.45) is 0. The van der Waals surface area contributed by atoms with Crippen LogP contribution in [-0.2, 0) is 10.1 Å². The molecule has 0 fully saturated rings. The van der Waals surface area contributed by atoms with E-state index in [0.717, 1.165) is 5.56 Å². The predicted octanol–water partition coefficient (Wildman–Crippen LogP) is 5.48. The van der Waals surface area contributed by atoms with Crippen molar-refractivity contribution in [2.45, 2.75) is 70.9 Å². The van der Waals surface area contributed by atoms with E-state index >= 15 is 0 Å². The molecule has 1 aromatic carbocycles. The van der Waals surface area contributed by atoms with Gasteiger partial charge in [-0.15, -0.1) is 0 Å². The monoisotopic (exact) mass is 354 g/mol. The van der Waals surface area contributed by atoms with E-state index in [-0.39, 0.29) is 16.7 Å². The summed E-state index contributed by atoms with van der Waals surface area (Å²) in [6, 6.07) is 3.81. The van der Waals surface area contributed by atoms with E-state index in [1.54, 1.807) is 0 Å². The van der Waals surface area contributed by atoms with Crippen LogP contribution >= 0.6 is 0 Å². The van der Waals surface area contributed by atoms with Gasteiger partial charge in [-0.3, -0.25) is 4.55 Å². The van der Waals surface area contributed by atoms with Crippen molar-refractivity contribution in [1.82, 2.24) is 0 Å². The molecule has 0 radical (unpaired) electrons. The van der Waals surface area contributed by atoms with Crippen LogP contribution in [-0.4, -0.2) is 19.6 Å². The van der Waals surface area contributed by atoms with E-state index in [9.17, 15) is 26.1 Å². The summed E-state index contributed by atoms with van der Waals surface area (Å²) >= 11 is 0. The van der Waals surface area contributed by atoms with Crippen molar-refractivity contribution in [3.05, 3.63) is 28.8 Å². The van der Waals surface area contributed by atoms with Crippen molar-refractivity contribution < 1.29 is 26.1 Å². The first kappa shape index (κ1) is 21.9. The minimum Gasteiger partial charge on any atom is -0.282 e. The van der Waals surface area contributed by atoms with Crippen molar-refractivity contribution in [1.29, 1.82) is 0 Å². The number of rotatable bonds is 4. The first-order chi connectivity index (χ1) is 10.3. The van der Waals surface area contributed by atoms with Gasteiger partial charge in [-0.25, -0.2) is 0 Å². The Kier molecular flexibility index (Phi) is 8.28. The van der Waals surface area contributed by atoms with Gasteiger partial charge in [0, 0.05) is 0 Å². The quantitative estimate of drug-likeness (QED) is 0.728. The molecular weight excluding hydrogens is 329 g/mol. The second-order valence-electron chi connectivity index (χ2n) is 6.22. The third-order valence-electron chi connectivity index (χ3n) is 3.34. The topological polar surface area (TPSA) is 54.4 Å². The molecule has 1 aromatic rings. The highest BCUT2D eigenvalue weighted by atomic mass is 32.2. The third kappa shape index (κ3) is 6.91. The highest BCUT2D eigenvalue weighted by Gasteiger charge is 2.25. The second-order valence-corrected chi connectivity index (χ2v) is 7.57. The van der Waals surface area contributed by atoms with Gasteiger partial charge in [0.25, 0.3) is 10.1 Å². The van der Waals surface area contributed by atoms with Gasteiger partial charge in [-0.2, -0.15) is 21.6 Å². The van der Waals surface area contributed by atoms with Crippen LogP contribution in [0.2, 0.25) is 0 Å². The lowest BCUT2D eigenvalue weighted by Gasteiger charge is -2.20. The van der Waals surface area contributed by atoms with Gasteiger partial charge in [-0.05, 0) is 34.4 Å². The van der Waals surface area contributed by atoms with Gasteiger partial charge < -0.3 is 0 Å². The molecule has 1 rings (SSSR count). The van der Waals surface area contributed by atoms with E-state index in [0.29, 0.717) is 17.0 Å². The lowest BCUT2D eigenvalue weighted by atomic mass is 9.89. The summed E-state index contributed by atoms with van der Waals surface area (Å²) in [4.78, 5) is 0.0990. The van der Waals surface area contributed by atoms with E-state index in [2.05, 4.69) is 13.8 Å². The molecule has 0 bridgehead atoms. The molecule has 134 valence electrons. The van der Waals surface area contributed by atoms with Gasteiger partial charge in [-0.1, -0.05) is 53.7 Å². The van der Waals surface area contributed by atoms with Gasteiger partial charge in [0.15, 0.2) is 0 Å². The zero-order valence-corrected chi connectivity index (χ0v) is 15.1. The van der Waals surface area contributed by atoms with E-state index in [1.165, 1.54) is 0 Å². The van der Waals surface area contributed by atoms with Crippen LogP contribution in [0.3, 0.4) is 0 Å². The summed E-state index contributed by atoms with van der Waals surface area (Å²) in [5.41, 5.74) is 2.52. The maximum Gasteiger partial charge on any atom is 0.379 e. The van der Waals surface area contributed by atoms with E-state index in [4.69, 9.17) is 0 Å². The summed E-state index contributed by atoms with van der Waals surface area (Å²) < 4.78 is 62.0. The highest BCUT2D eigenvalue weighted by Crippen LogP contribution is 2.34. The van der Waals surface area contributed by atoms with Crippen molar-refractivity contribution in [2.75, 3.05) is 0 Å².